The van der Waals surface area contributed by atoms with Crippen molar-refractivity contribution in [2.75, 3.05) is 0 Å². The molecule has 4 heteroatoms. The fourth-order valence-corrected chi connectivity index (χ4v) is 2.62. The fraction of sp³-hybridized carbons (Fsp3) is 0.429. The third-order valence-corrected chi connectivity index (χ3v) is 3.99. The van der Waals surface area contributed by atoms with Gasteiger partial charge in [-0.1, -0.05) is 31.5 Å². The van der Waals surface area contributed by atoms with E-state index >= 15 is 0 Å². The Balaban J connectivity index is 2.82. The Kier molecular flexibility index (Phi) is 5.11. The third-order valence-electron chi connectivity index (χ3n) is 2.54. The number of aryl methyl sites for hydroxylation is 1. The molecule has 0 aliphatic carbocycles. The summed E-state index contributed by atoms with van der Waals surface area (Å²) in [5, 5.41) is 10.7. The van der Waals surface area contributed by atoms with E-state index < -0.39 is 15.9 Å². The molecule has 0 aromatic heterocycles. The minimum atomic E-state index is -3.45. The summed E-state index contributed by atoms with van der Waals surface area (Å²) >= 11 is 0. The average Bonchev–Trinajstić information content (AvgIpc) is 2.26. The summed E-state index contributed by atoms with van der Waals surface area (Å²) < 4.78 is 23.9. The lowest BCUT2D eigenvalue weighted by Crippen LogP contribution is -2.07. The second-order valence-electron chi connectivity index (χ2n) is 4.88. The van der Waals surface area contributed by atoms with Crippen molar-refractivity contribution in [3.05, 3.63) is 41.3 Å². The molecule has 1 aromatic carbocycles. The van der Waals surface area contributed by atoms with Gasteiger partial charge in [-0.2, -0.15) is 0 Å². The predicted molar refractivity (Wildman–Crippen MR) is 73.0 cm³/mol. The quantitative estimate of drug-likeness (QED) is 0.893. The summed E-state index contributed by atoms with van der Waals surface area (Å²) in [4.78, 5) is 0.251. The van der Waals surface area contributed by atoms with Crippen molar-refractivity contribution in [1.29, 1.82) is 0 Å². The Labute approximate surface area is 109 Å². The summed E-state index contributed by atoms with van der Waals surface area (Å²) in [7, 11) is -3.45. The van der Waals surface area contributed by atoms with Gasteiger partial charge in [-0.3, -0.25) is 0 Å². The lowest BCUT2D eigenvalue weighted by Gasteiger charge is -2.08. The minimum Gasteiger partial charge on any atom is -0.389 e. The highest BCUT2D eigenvalue weighted by Crippen LogP contribution is 2.14. The standard InChI is InChI=1S/C14H20O3S/c1-11(2)10-13(15)8-9-18(16,17)14-6-4-12(3)5-7-14/h4-9,11,13,15H,10H2,1-3H3/b9-8+/t13-/m1/s1. The molecule has 0 amide bonds. The van der Waals surface area contributed by atoms with Gasteiger partial charge in [0.25, 0.3) is 0 Å². The highest BCUT2D eigenvalue weighted by atomic mass is 32.2. The van der Waals surface area contributed by atoms with Crippen molar-refractivity contribution in [1.82, 2.24) is 0 Å². The van der Waals surface area contributed by atoms with Crippen LogP contribution in [0.1, 0.15) is 25.8 Å². The van der Waals surface area contributed by atoms with Crippen LogP contribution in [0.5, 0.6) is 0 Å². The normalized spacial score (nSPS) is 14.3. The highest BCUT2D eigenvalue weighted by Gasteiger charge is 2.11. The van der Waals surface area contributed by atoms with Crippen LogP contribution >= 0.6 is 0 Å². The number of aliphatic hydroxyl groups is 1. The number of sulfone groups is 1. The first kappa shape index (κ1) is 14.9. The zero-order valence-corrected chi connectivity index (χ0v) is 11.8. The van der Waals surface area contributed by atoms with Crippen molar-refractivity contribution in [2.45, 2.75) is 38.2 Å². The molecule has 0 heterocycles. The molecule has 0 fully saturated rings. The van der Waals surface area contributed by atoms with Crippen LogP contribution in [0.2, 0.25) is 0 Å². The summed E-state index contributed by atoms with van der Waals surface area (Å²) in [6.45, 7) is 5.86. The Hall–Kier alpha value is -1.13. The van der Waals surface area contributed by atoms with Gasteiger partial charge in [0.15, 0.2) is 9.84 Å². The van der Waals surface area contributed by atoms with Crippen LogP contribution in [0, 0.1) is 12.8 Å². The molecule has 0 radical (unpaired) electrons. The predicted octanol–water partition coefficient (Wildman–Crippen LogP) is 2.69. The zero-order valence-electron chi connectivity index (χ0n) is 11.0. The molecule has 0 spiro atoms. The lowest BCUT2D eigenvalue weighted by atomic mass is 10.1. The van der Waals surface area contributed by atoms with E-state index in [1.54, 1.807) is 24.3 Å². The lowest BCUT2D eigenvalue weighted by molar-refractivity contribution is 0.195. The highest BCUT2D eigenvalue weighted by molar-refractivity contribution is 7.94. The van der Waals surface area contributed by atoms with Gasteiger partial charge in [-0.05, 0) is 37.5 Å². The molecule has 0 aliphatic heterocycles. The number of aliphatic hydroxyl groups excluding tert-OH is 1. The first-order valence-electron chi connectivity index (χ1n) is 5.99. The van der Waals surface area contributed by atoms with Gasteiger partial charge in [0.2, 0.25) is 0 Å². The van der Waals surface area contributed by atoms with Crippen molar-refractivity contribution in [3.8, 4) is 0 Å². The van der Waals surface area contributed by atoms with E-state index in [4.69, 9.17) is 0 Å². The maximum atomic E-state index is 11.9. The summed E-state index contributed by atoms with van der Waals surface area (Å²) in [6.07, 6.45) is 1.18. The first-order valence-corrected chi connectivity index (χ1v) is 7.54. The van der Waals surface area contributed by atoms with Crippen LogP contribution in [0.4, 0.5) is 0 Å². The summed E-state index contributed by atoms with van der Waals surface area (Å²) in [5.74, 6) is 0.326. The van der Waals surface area contributed by atoms with Crippen LogP contribution < -0.4 is 0 Å². The Morgan fingerprint density at radius 3 is 2.28 bits per heavy atom. The topological polar surface area (TPSA) is 54.4 Å². The van der Waals surface area contributed by atoms with Crippen LogP contribution in [-0.4, -0.2) is 19.6 Å². The molecule has 0 bridgehead atoms. The molecule has 0 saturated carbocycles. The minimum absolute atomic E-state index is 0.251. The van der Waals surface area contributed by atoms with Gasteiger partial charge in [-0.15, -0.1) is 0 Å². The zero-order chi connectivity index (χ0) is 13.8. The number of hydrogen-bond acceptors (Lipinski definition) is 3. The van der Waals surface area contributed by atoms with Crippen molar-refractivity contribution >= 4 is 9.84 Å². The van der Waals surface area contributed by atoms with E-state index in [-0.39, 0.29) is 4.90 Å². The van der Waals surface area contributed by atoms with Gasteiger partial charge >= 0.3 is 0 Å². The Bertz CT molecular complexity index is 498. The summed E-state index contributed by atoms with van der Waals surface area (Å²) in [5.41, 5.74) is 1.01. The molecule has 0 unspecified atom stereocenters. The smallest absolute Gasteiger partial charge is 0.199 e. The Morgan fingerprint density at radius 1 is 1.22 bits per heavy atom. The van der Waals surface area contributed by atoms with Crippen molar-refractivity contribution in [2.24, 2.45) is 5.92 Å². The van der Waals surface area contributed by atoms with Gasteiger partial charge in [-0.25, -0.2) is 8.42 Å². The molecule has 1 N–H and O–H groups in total. The van der Waals surface area contributed by atoms with Gasteiger partial charge in [0.05, 0.1) is 11.0 Å². The maximum absolute atomic E-state index is 11.9. The molecular weight excluding hydrogens is 248 g/mol. The van der Waals surface area contributed by atoms with E-state index in [0.717, 1.165) is 11.0 Å². The first-order chi connectivity index (χ1) is 8.31. The molecular formula is C14H20O3S. The number of hydrogen-bond donors (Lipinski definition) is 1. The molecule has 3 nitrogen and oxygen atoms in total. The Morgan fingerprint density at radius 2 is 1.78 bits per heavy atom. The van der Waals surface area contributed by atoms with E-state index in [1.807, 2.05) is 20.8 Å². The molecule has 1 aromatic rings. The van der Waals surface area contributed by atoms with Gasteiger partial charge in [0, 0.05) is 5.41 Å². The largest absolute Gasteiger partial charge is 0.389 e. The maximum Gasteiger partial charge on any atom is 0.199 e. The number of rotatable bonds is 5. The monoisotopic (exact) mass is 268 g/mol. The molecule has 1 atom stereocenters. The van der Waals surface area contributed by atoms with Gasteiger partial charge < -0.3 is 5.11 Å². The van der Waals surface area contributed by atoms with E-state index in [0.29, 0.717) is 12.3 Å². The van der Waals surface area contributed by atoms with E-state index in [1.165, 1.54) is 6.08 Å². The average molecular weight is 268 g/mol. The van der Waals surface area contributed by atoms with Crippen molar-refractivity contribution < 1.29 is 13.5 Å². The van der Waals surface area contributed by atoms with Crippen LogP contribution in [0.15, 0.2) is 40.6 Å². The van der Waals surface area contributed by atoms with E-state index in [9.17, 15) is 13.5 Å². The number of benzene rings is 1. The SMILES string of the molecule is Cc1ccc(S(=O)(=O)/C=C/[C@@H](O)CC(C)C)cc1. The van der Waals surface area contributed by atoms with E-state index in [2.05, 4.69) is 0 Å². The van der Waals surface area contributed by atoms with Gasteiger partial charge in [0.1, 0.15) is 0 Å². The molecule has 18 heavy (non-hydrogen) atoms. The van der Waals surface area contributed by atoms with Crippen LogP contribution in [-0.2, 0) is 9.84 Å². The van der Waals surface area contributed by atoms with Crippen LogP contribution in [0.3, 0.4) is 0 Å². The fourth-order valence-electron chi connectivity index (χ4n) is 1.56. The molecule has 0 saturated heterocycles. The summed E-state index contributed by atoms with van der Waals surface area (Å²) in [6, 6.07) is 6.66. The van der Waals surface area contributed by atoms with Crippen LogP contribution in [0.25, 0.3) is 0 Å². The molecule has 0 aliphatic rings. The molecule has 100 valence electrons. The molecule has 1 rings (SSSR count). The second kappa shape index (κ2) is 6.16. The third kappa shape index (κ3) is 4.63. The van der Waals surface area contributed by atoms with Crippen molar-refractivity contribution in [3.63, 3.8) is 0 Å². The second-order valence-corrected chi connectivity index (χ2v) is 6.72.